The summed E-state index contributed by atoms with van der Waals surface area (Å²) in [5.41, 5.74) is 4.31. The molecule has 106 valence electrons. The monoisotopic (exact) mass is 330 g/mol. The van der Waals surface area contributed by atoms with E-state index in [0.717, 1.165) is 0 Å². The molecule has 1 aromatic carbocycles. The highest BCUT2D eigenvalue weighted by atomic mass is 35.5. The van der Waals surface area contributed by atoms with Crippen molar-refractivity contribution in [3.05, 3.63) is 33.6 Å². The highest BCUT2D eigenvalue weighted by Crippen LogP contribution is 2.38. The average molecular weight is 331 g/mol. The van der Waals surface area contributed by atoms with Crippen LogP contribution >= 0.6 is 34.7 Å². The molecule has 0 fully saturated rings. The first-order valence-electron chi connectivity index (χ1n) is 5.62. The normalized spacial score (nSPS) is 10.7. The molecule has 2 N–H and O–H groups in total. The van der Waals surface area contributed by atoms with Crippen molar-refractivity contribution in [1.29, 1.82) is 0 Å². The molecule has 0 aliphatic heterocycles. The van der Waals surface area contributed by atoms with E-state index in [1.807, 2.05) is 0 Å². The van der Waals surface area contributed by atoms with Gasteiger partial charge < -0.3 is 5.32 Å². The molecule has 0 radical (unpaired) electrons. The van der Waals surface area contributed by atoms with Gasteiger partial charge in [-0.25, -0.2) is 9.80 Å². The molecule has 1 aromatic heterocycles. The number of nitrogens with one attached hydrogen (secondary N) is 2. The molecule has 8 heteroatoms. The van der Waals surface area contributed by atoms with Crippen LogP contribution in [-0.2, 0) is 0 Å². The number of benzene rings is 1. The van der Waals surface area contributed by atoms with Crippen LogP contribution < -0.4 is 10.7 Å². The Bertz CT molecular complexity index is 609. The van der Waals surface area contributed by atoms with Crippen molar-refractivity contribution in [3.63, 3.8) is 0 Å². The summed E-state index contributed by atoms with van der Waals surface area (Å²) in [7, 11) is 3.44. The highest BCUT2D eigenvalue weighted by Gasteiger charge is 2.17. The second-order valence-corrected chi connectivity index (χ2v) is 5.58. The van der Waals surface area contributed by atoms with E-state index in [0.29, 0.717) is 27.0 Å². The van der Waals surface area contributed by atoms with Crippen LogP contribution in [0.2, 0.25) is 10.0 Å². The van der Waals surface area contributed by atoms with E-state index in [4.69, 9.17) is 23.2 Å². The fourth-order valence-electron chi connectivity index (χ4n) is 1.58. The van der Waals surface area contributed by atoms with E-state index >= 15 is 0 Å². The Morgan fingerprint density at radius 2 is 1.95 bits per heavy atom. The molecule has 0 saturated heterocycles. The average Bonchev–Trinajstić information content (AvgIpc) is 2.76. The standard InChI is InChI=1S/C12H12Cl2N4OS/c1-18(2)16-12(19)15-9-6-20-17-11(9)10-7(13)4-3-5-8(10)14/h3-6H,1-2H3,(H2,15,16,19). The fraction of sp³-hybridized carbons (Fsp3) is 0.167. The van der Waals surface area contributed by atoms with E-state index < -0.39 is 0 Å². The molecule has 0 spiro atoms. The van der Waals surface area contributed by atoms with Crippen molar-refractivity contribution in [1.82, 2.24) is 14.8 Å². The summed E-state index contributed by atoms with van der Waals surface area (Å²) in [6.45, 7) is 0. The van der Waals surface area contributed by atoms with Crippen molar-refractivity contribution < 1.29 is 4.79 Å². The van der Waals surface area contributed by atoms with E-state index in [9.17, 15) is 4.79 Å². The summed E-state index contributed by atoms with van der Waals surface area (Å²) >= 11 is 13.5. The molecule has 0 bridgehead atoms. The third kappa shape index (κ3) is 3.40. The highest BCUT2D eigenvalue weighted by molar-refractivity contribution is 7.04. The number of halogens is 2. The van der Waals surface area contributed by atoms with Crippen LogP contribution in [-0.4, -0.2) is 29.5 Å². The Balaban J connectivity index is 2.32. The van der Waals surface area contributed by atoms with E-state index in [-0.39, 0.29) is 6.03 Å². The van der Waals surface area contributed by atoms with Crippen LogP contribution in [0.4, 0.5) is 10.5 Å². The van der Waals surface area contributed by atoms with Crippen LogP contribution in [0, 0.1) is 0 Å². The zero-order chi connectivity index (χ0) is 14.7. The topological polar surface area (TPSA) is 57.3 Å². The first-order chi connectivity index (χ1) is 9.49. The third-order valence-corrected chi connectivity index (χ3v) is 3.60. The number of urea groups is 1. The van der Waals surface area contributed by atoms with Gasteiger partial charge >= 0.3 is 6.03 Å². The maximum absolute atomic E-state index is 11.7. The minimum atomic E-state index is -0.361. The molecule has 1 heterocycles. The fourth-order valence-corrected chi connectivity index (χ4v) is 2.78. The number of carbonyl (C=O) groups is 1. The van der Waals surface area contributed by atoms with Gasteiger partial charge in [-0.05, 0) is 23.7 Å². The Hall–Kier alpha value is -1.34. The second-order valence-electron chi connectivity index (χ2n) is 4.13. The smallest absolute Gasteiger partial charge is 0.304 e. The van der Waals surface area contributed by atoms with Crippen molar-refractivity contribution in [2.45, 2.75) is 0 Å². The van der Waals surface area contributed by atoms with Gasteiger partial charge in [-0.3, -0.25) is 5.43 Å². The van der Waals surface area contributed by atoms with E-state index in [2.05, 4.69) is 15.1 Å². The third-order valence-electron chi connectivity index (χ3n) is 2.34. The predicted octanol–water partition coefficient (Wildman–Crippen LogP) is 3.72. The molecule has 2 aromatic rings. The van der Waals surface area contributed by atoms with Crippen molar-refractivity contribution >= 4 is 46.5 Å². The molecule has 0 unspecified atom stereocenters. The number of anilines is 1. The molecular formula is C12H12Cl2N4OS. The zero-order valence-electron chi connectivity index (χ0n) is 10.8. The zero-order valence-corrected chi connectivity index (χ0v) is 13.1. The summed E-state index contributed by atoms with van der Waals surface area (Å²) in [6.07, 6.45) is 0. The van der Waals surface area contributed by atoms with Gasteiger partial charge in [0.05, 0.1) is 15.7 Å². The van der Waals surface area contributed by atoms with Gasteiger partial charge in [0.1, 0.15) is 5.69 Å². The predicted molar refractivity (Wildman–Crippen MR) is 83.4 cm³/mol. The lowest BCUT2D eigenvalue weighted by Gasteiger charge is -2.13. The van der Waals surface area contributed by atoms with Crippen LogP contribution in [0.3, 0.4) is 0 Å². The molecule has 20 heavy (non-hydrogen) atoms. The van der Waals surface area contributed by atoms with Crippen molar-refractivity contribution in [2.24, 2.45) is 0 Å². The van der Waals surface area contributed by atoms with E-state index in [1.54, 1.807) is 37.7 Å². The quantitative estimate of drug-likeness (QED) is 0.843. The Kier molecular flexibility index (Phi) is 4.82. The molecular weight excluding hydrogens is 319 g/mol. The lowest BCUT2D eigenvalue weighted by Crippen LogP contribution is -2.39. The molecule has 0 atom stereocenters. The van der Waals surface area contributed by atoms with E-state index in [1.165, 1.54) is 16.5 Å². The Labute approximate surface area is 130 Å². The van der Waals surface area contributed by atoms with Gasteiger partial charge in [-0.15, -0.1) is 0 Å². The van der Waals surface area contributed by atoms with Crippen LogP contribution in [0.5, 0.6) is 0 Å². The molecule has 0 aliphatic carbocycles. The first kappa shape index (κ1) is 15.1. The van der Waals surface area contributed by atoms with Gasteiger partial charge in [0.15, 0.2) is 0 Å². The lowest BCUT2D eigenvalue weighted by molar-refractivity contribution is 0.224. The van der Waals surface area contributed by atoms with Gasteiger partial charge in [-0.1, -0.05) is 29.3 Å². The molecule has 5 nitrogen and oxygen atoms in total. The largest absolute Gasteiger partial charge is 0.333 e. The minimum Gasteiger partial charge on any atom is -0.304 e. The van der Waals surface area contributed by atoms with Crippen LogP contribution in [0.15, 0.2) is 23.6 Å². The number of hydrazine groups is 1. The Morgan fingerprint density at radius 3 is 2.55 bits per heavy atom. The maximum atomic E-state index is 11.7. The second kappa shape index (κ2) is 6.41. The summed E-state index contributed by atoms with van der Waals surface area (Å²) in [4.78, 5) is 11.7. The van der Waals surface area contributed by atoms with Gasteiger partial charge in [-0.2, -0.15) is 4.37 Å². The number of hydrogen-bond donors (Lipinski definition) is 2. The summed E-state index contributed by atoms with van der Waals surface area (Å²) in [6, 6.07) is 4.85. The summed E-state index contributed by atoms with van der Waals surface area (Å²) in [5, 5.41) is 6.95. The number of rotatable bonds is 3. The maximum Gasteiger partial charge on any atom is 0.333 e. The molecule has 0 saturated carbocycles. The van der Waals surface area contributed by atoms with Gasteiger partial charge in [0, 0.05) is 25.0 Å². The first-order valence-corrected chi connectivity index (χ1v) is 7.22. The number of nitrogens with zero attached hydrogens (tertiary/aromatic N) is 2. The number of carbonyl (C=O) groups excluding carboxylic acids is 1. The van der Waals surface area contributed by atoms with Crippen LogP contribution in [0.25, 0.3) is 11.3 Å². The summed E-state index contributed by atoms with van der Waals surface area (Å²) < 4.78 is 4.26. The number of hydrogen-bond acceptors (Lipinski definition) is 4. The Morgan fingerprint density at radius 1 is 1.30 bits per heavy atom. The molecule has 0 aliphatic rings. The summed E-state index contributed by atoms with van der Waals surface area (Å²) in [5.74, 6) is 0. The number of amides is 2. The van der Waals surface area contributed by atoms with Gasteiger partial charge in [0.2, 0.25) is 0 Å². The SMILES string of the molecule is CN(C)NC(=O)Nc1csnc1-c1c(Cl)cccc1Cl. The molecule has 2 amide bonds. The van der Waals surface area contributed by atoms with Crippen molar-refractivity contribution in [3.8, 4) is 11.3 Å². The van der Waals surface area contributed by atoms with Gasteiger partial charge in [0.25, 0.3) is 0 Å². The van der Waals surface area contributed by atoms with Crippen LogP contribution in [0.1, 0.15) is 0 Å². The minimum absolute atomic E-state index is 0.361. The number of aromatic nitrogens is 1. The molecule has 2 rings (SSSR count). The lowest BCUT2D eigenvalue weighted by atomic mass is 10.1. The van der Waals surface area contributed by atoms with Crippen molar-refractivity contribution in [2.75, 3.05) is 19.4 Å².